The lowest BCUT2D eigenvalue weighted by Gasteiger charge is -2.40. The molecule has 1 unspecified atom stereocenters. The zero-order valence-corrected chi connectivity index (χ0v) is 16.2. The van der Waals surface area contributed by atoms with Gasteiger partial charge in [-0.25, -0.2) is 0 Å². The minimum Gasteiger partial charge on any atom is -0.496 e. The molecule has 0 fully saturated rings. The molecule has 3 aromatic rings. The summed E-state index contributed by atoms with van der Waals surface area (Å²) in [5, 5.41) is 0. The molecule has 3 aromatic carbocycles. The lowest BCUT2D eigenvalue weighted by molar-refractivity contribution is 0.0606. The monoisotopic (exact) mass is 374 g/mol. The second kappa shape index (κ2) is 7.04. The summed E-state index contributed by atoms with van der Waals surface area (Å²) in [5.41, 5.74) is 2.53. The highest BCUT2D eigenvalue weighted by Crippen LogP contribution is 2.48. The van der Waals surface area contributed by atoms with Crippen molar-refractivity contribution in [3.63, 3.8) is 0 Å². The van der Waals surface area contributed by atoms with Crippen molar-refractivity contribution < 1.29 is 19.0 Å². The van der Waals surface area contributed by atoms with Crippen LogP contribution in [0.1, 0.15) is 33.5 Å². The van der Waals surface area contributed by atoms with Crippen molar-refractivity contribution in [1.82, 2.24) is 0 Å². The van der Waals surface area contributed by atoms with E-state index in [4.69, 9.17) is 14.2 Å². The van der Waals surface area contributed by atoms with Gasteiger partial charge in [-0.3, -0.25) is 4.79 Å². The van der Waals surface area contributed by atoms with E-state index in [-0.39, 0.29) is 12.2 Å². The van der Waals surface area contributed by atoms with E-state index in [0.717, 1.165) is 16.7 Å². The molecule has 0 bridgehead atoms. The highest BCUT2D eigenvalue weighted by atomic mass is 16.5. The maximum Gasteiger partial charge on any atom is 0.175 e. The van der Waals surface area contributed by atoms with Crippen LogP contribution in [0.2, 0.25) is 0 Å². The van der Waals surface area contributed by atoms with Crippen molar-refractivity contribution in [2.75, 3.05) is 14.2 Å². The molecule has 0 saturated heterocycles. The quantitative estimate of drug-likeness (QED) is 0.650. The summed E-state index contributed by atoms with van der Waals surface area (Å²) < 4.78 is 17.5. The van der Waals surface area contributed by atoms with Gasteiger partial charge in [0, 0.05) is 23.3 Å². The molecule has 0 N–H and O–H groups in total. The van der Waals surface area contributed by atoms with Gasteiger partial charge in [0.2, 0.25) is 0 Å². The fourth-order valence-corrected chi connectivity index (χ4v) is 3.94. The standard InChI is InChI=1S/C24H22O4/c1-16-9-7-8-12-19(16)24(17-10-5-4-6-11-17)15-20(25)23-21(27-3)13-18(26-2)14-22(23)28-24/h4-14H,15H2,1-3H3. The maximum absolute atomic E-state index is 13.3. The van der Waals surface area contributed by atoms with Crippen molar-refractivity contribution >= 4 is 5.78 Å². The van der Waals surface area contributed by atoms with E-state index >= 15 is 0 Å². The predicted octanol–water partition coefficient (Wildman–Crippen LogP) is 4.92. The Kier molecular flexibility index (Phi) is 4.55. The van der Waals surface area contributed by atoms with Crippen LogP contribution < -0.4 is 14.2 Å². The van der Waals surface area contributed by atoms with Crippen LogP contribution in [0.3, 0.4) is 0 Å². The van der Waals surface area contributed by atoms with Gasteiger partial charge in [0.1, 0.15) is 22.8 Å². The van der Waals surface area contributed by atoms with Gasteiger partial charge in [-0.2, -0.15) is 0 Å². The number of hydrogen-bond acceptors (Lipinski definition) is 4. The van der Waals surface area contributed by atoms with Gasteiger partial charge < -0.3 is 14.2 Å². The summed E-state index contributed by atoms with van der Waals surface area (Å²) in [6.07, 6.45) is 0.192. The van der Waals surface area contributed by atoms with Crippen LogP contribution in [0.5, 0.6) is 17.2 Å². The second-order valence-electron chi connectivity index (χ2n) is 6.91. The first-order chi connectivity index (χ1) is 13.6. The number of aryl methyl sites for hydroxylation is 1. The molecule has 1 aliphatic heterocycles. The third-order valence-corrected chi connectivity index (χ3v) is 5.29. The number of methoxy groups -OCH3 is 2. The molecule has 1 aliphatic rings. The van der Waals surface area contributed by atoms with Crippen molar-refractivity contribution in [3.8, 4) is 17.2 Å². The van der Waals surface area contributed by atoms with Crippen molar-refractivity contribution in [3.05, 3.63) is 89.0 Å². The normalized spacial score (nSPS) is 18.2. The maximum atomic E-state index is 13.3. The smallest absolute Gasteiger partial charge is 0.175 e. The van der Waals surface area contributed by atoms with E-state index in [9.17, 15) is 4.79 Å². The van der Waals surface area contributed by atoms with E-state index in [0.29, 0.717) is 22.8 Å². The Morgan fingerprint density at radius 1 is 0.929 bits per heavy atom. The van der Waals surface area contributed by atoms with Crippen LogP contribution in [-0.4, -0.2) is 20.0 Å². The van der Waals surface area contributed by atoms with Crippen molar-refractivity contribution in [1.29, 1.82) is 0 Å². The summed E-state index contributed by atoms with van der Waals surface area (Å²) in [4.78, 5) is 13.3. The molecule has 4 nitrogen and oxygen atoms in total. The van der Waals surface area contributed by atoms with Crippen LogP contribution >= 0.6 is 0 Å². The highest BCUT2D eigenvalue weighted by molar-refractivity contribution is 6.03. The average molecular weight is 374 g/mol. The van der Waals surface area contributed by atoms with Gasteiger partial charge in [0.25, 0.3) is 0 Å². The van der Waals surface area contributed by atoms with Gasteiger partial charge in [-0.05, 0) is 12.5 Å². The molecule has 0 spiro atoms. The number of Topliss-reactive ketones (excluding diaryl/α,β-unsaturated/α-hetero) is 1. The number of rotatable bonds is 4. The fraction of sp³-hybridized carbons (Fsp3) is 0.208. The molecule has 0 aromatic heterocycles. The largest absolute Gasteiger partial charge is 0.496 e. The number of carbonyl (C=O) groups is 1. The Labute approximate surface area is 164 Å². The number of benzene rings is 3. The van der Waals surface area contributed by atoms with Crippen LogP contribution in [0.15, 0.2) is 66.7 Å². The van der Waals surface area contributed by atoms with Gasteiger partial charge in [0.15, 0.2) is 11.4 Å². The summed E-state index contributed by atoms with van der Waals surface area (Å²) in [7, 11) is 3.13. The third kappa shape index (κ3) is 2.82. The topological polar surface area (TPSA) is 44.8 Å². The zero-order chi connectivity index (χ0) is 19.7. The highest BCUT2D eigenvalue weighted by Gasteiger charge is 2.45. The Morgan fingerprint density at radius 3 is 2.32 bits per heavy atom. The van der Waals surface area contributed by atoms with Gasteiger partial charge in [-0.1, -0.05) is 54.6 Å². The Bertz CT molecular complexity index is 1030. The van der Waals surface area contributed by atoms with E-state index < -0.39 is 5.60 Å². The van der Waals surface area contributed by atoms with E-state index in [1.54, 1.807) is 26.4 Å². The number of ether oxygens (including phenoxy) is 3. The molecular formula is C24H22O4. The molecule has 0 aliphatic carbocycles. The SMILES string of the molecule is COc1cc(OC)c2c(c1)OC(c1ccccc1)(c1ccccc1C)CC2=O. The molecular weight excluding hydrogens is 352 g/mol. The summed E-state index contributed by atoms with van der Waals surface area (Å²) in [6, 6.07) is 21.4. The van der Waals surface area contributed by atoms with Gasteiger partial charge in [-0.15, -0.1) is 0 Å². The van der Waals surface area contributed by atoms with E-state index in [1.165, 1.54) is 0 Å². The van der Waals surface area contributed by atoms with Crippen LogP contribution in [-0.2, 0) is 5.60 Å². The average Bonchev–Trinajstić information content (AvgIpc) is 2.73. The number of hydrogen-bond donors (Lipinski definition) is 0. The van der Waals surface area contributed by atoms with Gasteiger partial charge >= 0.3 is 0 Å². The first-order valence-corrected chi connectivity index (χ1v) is 9.19. The molecule has 4 rings (SSSR count). The molecule has 1 atom stereocenters. The van der Waals surface area contributed by atoms with Crippen molar-refractivity contribution in [2.45, 2.75) is 18.9 Å². The Balaban J connectivity index is 1.98. The molecule has 0 saturated carbocycles. The fourth-order valence-electron chi connectivity index (χ4n) is 3.94. The van der Waals surface area contributed by atoms with Crippen LogP contribution in [0.25, 0.3) is 0 Å². The Morgan fingerprint density at radius 2 is 1.64 bits per heavy atom. The molecule has 142 valence electrons. The Hall–Kier alpha value is -3.27. The summed E-state index contributed by atoms with van der Waals surface area (Å²) >= 11 is 0. The minimum atomic E-state index is -0.909. The second-order valence-corrected chi connectivity index (χ2v) is 6.91. The summed E-state index contributed by atoms with van der Waals surface area (Å²) in [6.45, 7) is 2.04. The van der Waals surface area contributed by atoms with Crippen molar-refractivity contribution in [2.24, 2.45) is 0 Å². The first-order valence-electron chi connectivity index (χ1n) is 9.19. The number of ketones is 1. The minimum absolute atomic E-state index is 0.0205. The van der Waals surface area contributed by atoms with Crippen LogP contribution in [0.4, 0.5) is 0 Å². The molecule has 1 heterocycles. The molecule has 28 heavy (non-hydrogen) atoms. The molecule has 4 heteroatoms. The van der Waals surface area contributed by atoms with E-state index in [1.807, 2.05) is 61.5 Å². The lowest BCUT2D eigenvalue weighted by atomic mass is 9.77. The third-order valence-electron chi connectivity index (χ3n) is 5.29. The lowest BCUT2D eigenvalue weighted by Crippen LogP contribution is -2.41. The van der Waals surface area contributed by atoms with E-state index in [2.05, 4.69) is 0 Å². The molecule has 0 amide bonds. The first kappa shape index (κ1) is 18.1. The predicted molar refractivity (Wildman–Crippen MR) is 108 cm³/mol. The number of fused-ring (bicyclic) bond motifs is 1. The molecule has 0 radical (unpaired) electrons. The summed E-state index contributed by atoms with van der Waals surface area (Å²) in [5.74, 6) is 1.50. The van der Waals surface area contributed by atoms with Crippen LogP contribution in [0, 0.1) is 6.92 Å². The zero-order valence-electron chi connectivity index (χ0n) is 16.2. The number of carbonyl (C=O) groups excluding carboxylic acids is 1. The van der Waals surface area contributed by atoms with Gasteiger partial charge in [0.05, 0.1) is 20.6 Å².